The van der Waals surface area contributed by atoms with E-state index in [0.717, 1.165) is 0 Å². The summed E-state index contributed by atoms with van der Waals surface area (Å²) in [4.78, 5) is 17.8. The smallest absolute Gasteiger partial charge is 0.291 e. The van der Waals surface area contributed by atoms with Crippen LogP contribution in [0.3, 0.4) is 0 Å². The number of alkyl halides is 1. The van der Waals surface area contributed by atoms with Gasteiger partial charge in [0.1, 0.15) is 0 Å². The zero-order valence-corrected chi connectivity index (χ0v) is 10.6. The zero-order valence-electron chi connectivity index (χ0n) is 9.85. The van der Waals surface area contributed by atoms with Crippen LogP contribution >= 0.6 is 11.6 Å². The van der Waals surface area contributed by atoms with Gasteiger partial charge in [-0.1, -0.05) is 0 Å². The lowest BCUT2D eigenvalue weighted by Crippen LogP contribution is -2.49. The molecule has 17 heavy (non-hydrogen) atoms. The third-order valence-corrected chi connectivity index (χ3v) is 3.07. The van der Waals surface area contributed by atoms with Gasteiger partial charge >= 0.3 is 0 Å². The average Bonchev–Trinajstić information content (AvgIpc) is 2.73. The summed E-state index contributed by atoms with van der Waals surface area (Å²) in [6, 6.07) is 0. The number of hydrogen-bond acceptors (Lipinski definition) is 4. The Morgan fingerprint density at radius 3 is 3.00 bits per heavy atom. The molecule has 0 saturated carbocycles. The standard InChI is InChI=1S/C11H15ClN2O3/c1-7-4-14(5-9(3-12)17-7)11(15)10-8(2)13-6-16-10/h6-7,9H,3-5H2,1-2H3. The first-order chi connectivity index (χ1) is 8.11. The van der Waals surface area contributed by atoms with E-state index in [1.165, 1.54) is 6.39 Å². The van der Waals surface area contributed by atoms with Crippen molar-refractivity contribution >= 4 is 17.5 Å². The Labute approximate surface area is 105 Å². The summed E-state index contributed by atoms with van der Waals surface area (Å²) in [6.07, 6.45) is 1.15. The van der Waals surface area contributed by atoms with Crippen LogP contribution in [0.2, 0.25) is 0 Å². The minimum Gasteiger partial charge on any atom is -0.438 e. The van der Waals surface area contributed by atoms with E-state index in [0.29, 0.717) is 30.4 Å². The number of aryl methyl sites for hydroxylation is 1. The largest absolute Gasteiger partial charge is 0.438 e. The molecule has 2 heterocycles. The van der Waals surface area contributed by atoms with Gasteiger partial charge in [0.05, 0.1) is 23.8 Å². The van der Waals surface area contributed by atoms with Crippen LogP contribution in [0.15, 0.2) is 10.8 Å². The molecular formula is C11H15ClN2O3. The van der Waals surface area contributed by atoms with E-state index in [1.54, 1.807) is 11.8 Å². The number of ether oxygens (including phenoxy) is 1. The fraction of sp³-hybridized carbons (Fsp3) is 0.636. The molecule has 1 amide bonds. The first kappa shape index (κ1) is 12.4. The van der Waals surface area contributed by atoms with Gasteiger partial charge in [-0.05, 0) is 13.8 Å². The molecular weight excluding hydrogens is 244 g/mol. The molecule has 94 valence electrons. The van der Waals surface area contributed by atoms with Gasteiger partial charge in [-0.3, -0.25) is 4.79 Å². The van der Waals surface area contributed by atoms with E-state index in [1.807, 2.05) is 6.92 Å². The number of carbonyl (C=O) groups is 1. The van der Waals surface area contributed by atoms with Gasteiger partial charge in [0.15, 0.2) is 6.39 Å². The van der Waals surface area contributed by atoms with Crippen LogP contribution in [0.25, 0.3) is 0 Å². The summed E-state index contributed by atoms with van der Waals surface area (Å²) < 4.78 is 10.7. The number of oxazole rings is 1. The first-order valence-corrected chi connectivity index (χ1v) is 6.06. The molecule has 6 heteroatoms. The van der Waals surface area contributed by atoms with Crippen LogP contribution in [-0.2, 0) is 4.74 Å². The van der Waals surface area contributed by atoms with Gasteiger partial charge in [-0.2, -0.15) is 0 Å². The molecule has 0 bridgehead atoms. The highest BCUT2D eigenvalue weighted by Crippen LogP contribution is 2.16. The van der Waals surface area contributed by atoms with Crippen molar-refractivity contribution in [2.45, 2.75) is 26.1 Å². The van der Waals surface area contributed by atoms with Crippen molar-refractivity contribution in [2.24, 2.45) is 0 Å². The summed E-state index contributed by atoms with van der Waals surface area (Å²) in [5.41, 5.74) is 0.608. The molecule has 1 aromatic rings. The molecule has 0 spiro atoms. The van der Waals surface area contributed by atoms with E-state index in [-0.39, 0.29) is 18.1 Å². The van der Waals surface area contributed by atoms with E-state index < -0.39 is 0 Å². The lowest BCUT2D eigenvalue weighted by Gasteiger charge is -2.35. The second kappa shape index (κ2) is 5.06. The molecule has 0 aliphatic carbocycles. The van der Waals surface area contributed by atoms with Gasteiger partial charge in [0, 0.05) is 13.1 Å². The Hall–Kier alpha value is -1.07. The van der Waals surface area contributed by atoms with Crippen molar-refractivity contribution in [1.82, 2.24) is 9.88 Å². The molecule has 1 aliphatic heterocycles. The minimum atomic E-state index is -0.148. The number of halogens is 1. The normalized spacial score (nSPS) is 25.0. The number of carbonyl (C=O) groups excluding carboxylic acids is 1. The van der Waals surface area contributed by atoms with Crippen molar-refractivity contribution < 1.29 is 13.9 Å². The van der Waals surface area contributed by atoms with Crippen LogP contribution < -0.4 is 0 Å². The van der Waals surface area contributed by atoms with Crippen molar-refractivity contribution in [2.75, 3.05) is 19.0 Å². The van der Waals surface area contributed by atoms with Crippen molar-refractivity contribution in [3.8, 4) is 0 Å². The lowest BCUT2D eigenvalue weighted by atomic mass is 10.2. The molecule has 5 nitrogen and oxygen atoms in total. The number of amides is 1. The van der Waals surface area contributed by atoms with Crippen LogP contribution in [0.1, 0.15) is 23.2 Å². The molecule has 2 rings (SSSR count). The summed E-state index contributed by atoms with van der Waals surface area (Å²) in [5, 5.41) is 0. The molecule has 2 atom stereocenters. The molecule has 0 radical (unpaired) electrons. The fourth-order valence-corrected chi connectivity index (χ4v) is 2.12. The van der Waals surface area contributed by atoms with Crippen LogP contribution in [-0.4, -0.2) is 47.0 Å². The van der Waals surface area contributed by atoms with E-state index in [2.05, 4.69) is 4.98 Å². The maximum Gasteiger partial charge on any atom is 0.291 e. The Kier molecular flexibility index (Phi) is 3.69. The van der Waals surface area contributed by atoms with Crippen molar-refractivity contribution in [3.63, 3.8) is 0 Å². The molecule has 1 fully saturated rings. The van der Waals surface area contributed by atoms with Gasteiger partial charge < -0.3 is 14.1 Å². The predicted octanol–water partition coefficient (Wildman–Crippen LogP) is 1.45. The number of morpholine rings is 1. The second-order valence-electron chi connectivity index (χ2n) is 4.20. The van der Waals surface area contributed by atoms with Crippen LogP contribution in [0, 0.1) is 6.92 Å². The first-order valence-electron chi connectivity index (χ1n) is 5.52. The third-order valence-electron chi connectivity index (χ3n) is 2.73. The third kappa shape index (κ3) is 2.61. The Balaban J connectivity index is 2.11. The fourth-order valence-electron chi connectivity index (χ4n) is 1.95. The average molecular weight is 259 g/mol. The maximum absolute atomic E-state index is 12.2. The molecule has 1 aromatic heterocycles. The van der Waals surface area contributed by atoms with Crippen LogP contribution in [0.4, 0.5) is 0 Å². The second-order valence-corrected chi connectivity index (χ2v) is 4.51. The van der Waals surface area contributed by atoms with Crippen molar-refractivity contribution in [1.29, 1.82) is 0 Å². The molecule has 0 aromatic carbocycles. The number of hydrogen-bond donors (Lipinski definition) is 0. The summed E-state index contributed by atoms with van der Waals surface area (Å²) in [5.74, 6) is 0.529. The minimum absolute atomic E-state index is 0.0142. The Morgan fingerprint density at radius 1 is 1.65 bits per heavy atom. The quantitative estimate of drug-likeness (QED) is 0.754. The SMILES string of the molecule is Cc1ncoc1C(=O)N1CC(C)OC(CCl)C1. The summed E-state index contributed by atoms with van der Waals surface area (Å²) >= 11 is 5.77. The highest BCUT2D eigenvalue weighted by Gasteiger charge is 2.30. The number of aromatic nitrogens is 1. The lowest BCUT2D eigenvalue weighted by molar-refractivity contribution is -0.0576. The Bertz CT molecular complexity index is 407. The predicted molar refractivity (Wildman–Crippen MR) is 62.2 cm³/mol. The molecule has 2 unspecified atom stereocenters. The highest BCUT2D eigenvalue weighted by atomic mass is 35.5. The van der Waals surface area contributed by atoms with Crippen molar-refractivity contribution in [3.05, 3.63) is 17.8 Å². The van der Waals surface area contributed by atoms with E-state index in [9.17, 15) is 4.79 Å². The zero-order chi connectivity index (χ0) is 12.4. The Morgan fingerprint density at radius 2 is 2.41 bits per heavy atom. The monoisotopic (exact) mass is 258 g/mol. The van der Waals surface area contributed by atoms with E-state index >= 15 is 0 Å². The summed E-state index contributed by atoms with van der Waals surface area (Å²) in [6.45, 7) is 4.71. The van der Waals surface area contributed by atoms with Gasteiger partial charge in [-0.25, -0.2) is 4.98 Å². The van der Waals surface area contributed by atoms with Gasteiger partial charge in [-0.15, -0.1) is 11.6 Å². The highest BCUT2D eigenvalue weighted by molar-refractivity contribution is 6.18. The topological polar surface area (TPSA) is 55.6 Å². The number of nitrogens with zero attached hydrogens (tertiary/aromatic N) is 2. The van der Waals surface area contributed by atoms with Gasteiger partial charge in [0.2, 0.25) is 5.76 Å². The van der Waals surface area contributed by atoms with Gasteiger partial charge in [0.25, 0.3) is 5.91 Å². The molecule has 1 saturated heterocycles. The van der Waals surface area contributed by atoms with Crippen LogP contribution in [0.5, 0.6) is 0 Å². The molecule has 1 aliphatic rings. The molecule has 0 N–H and O–H groups in total. The number of rotatable bonds is 2. The van der Waals surface area contributed by atoms with E-state index in [4.69, 9.17) is 20.8 Å². The summed E-state index contributed by atoms with van der Waals surface area (Å²) in [7, 11) is 0. The maximum atomic E-state index is 12.2.